The van der Waals surface area contributed by atoms with Crippen molar-refractivity contribution < 1.29 is 63.0 Å². The number of likely N-dealkylation sites (tertiary alicyclic amines) is 2. The van der Waals surface area contributed by atoms with Gasteiger partial charge in [-0.1, -0.05) is 38.5 Å². The van der Waals surface area contributed by atoms with Crippen LogP contribution in [0.25, 0.3) is 10.9 Å². The number of imidazole rings is 4. The van der Waals surface area contributed by atoms with E-state index in [0.29, 0.717) is 47.6 Å². The van der Waals surface area contributed by atoms with Crippen molar-refractivity contribution in [3.05, 3.63) is 109 Å². The van der Waals surface area contributed by atoms with Gasteiger partial charge in [-0.3, -0.25) is 47.9 Å². The number of nitrogens with one attached hydrogen (secondary N) is 12. The van der Waals surface area contributed by atoms with E-state index in [1.807, 2.05) is 24.3 Å². The van der Waals surface area contributed by atoms with Gasteiger partial charge >= 0.3 is 5.97 Å². The van der Waals surface area contributed by atoms with Gasteiger partial charge in [0.2, 0.25) is 59.1 Å². The number of carboxylic acid groups (broad SMARTS) is 1. The third-order valence-corrected chi connectivity index (χ3v) is 16.4. The first kappa shape index (κ1) is 67.6. The molecule has 5 aromatic heterocycles. The number of amides is 10. The quantitative estimate of drug-likeness (QED) is 0.0192. The Hall–Kier alpha value is -10.3. The number of benzene rings is 1. The molecule has 2 aliphatic heterocycles. The van der Waals surface area contributed by atoms with Gasteiger partial charge < -0.3 is 93.6 Å². The summed E-state index contributed by atoms with van der Waals surface area (Å²) in [5.41, 5.74) is 14.9. The Bertz CT molecular complexity index is 3500. The standard InChI is InChI=1S/C59H78N20O13/c1-3-31(2)49(56(88)71-40(12-13-48(61)81)57(89)79-15-7-11-47(79)59(91)92)77-53(85)43(19-35-24-64-29-69-35)73-54(86)45(26-80)76-52(84)42(18-34-23-63-28-68-34)74-55(87)46-10-6-14-78(46)58(90)44(20-36-25-65-30-70-36)75-51(83)41(16-32-21-66-39-9-5-4-8-37(32)39)72-50(82)38(60)17-33-22-62-27-67-33/h4-5,8-9,21-25,27-31,38,40-47,49,66,80H,3,6-7,10-20,26,60H2,1-2H3,(H2,61,81)(H,62,67)(H,63,68)(H,64,69)(H,65,70)(H,71,88)(H,72,82)(H,73,86)(H,74,87)(H,75,83)(H,76,84)(H,77,85)(H,91,92)/t31-,38-,40-,41-,42-,43-,44-,45-,46-,47-,49-/m0/s1. The number of nitrogens with two attached hydrogens (primary N) is 2. The first-order valence-corrected chi connectivity index (χ1v) is 30.3. The largest absolute Gasteiger partial charge is 0.480 e. The molecule has 0 saturated carbocycles. The molecule has 6 aromatic rings. The number of aliphatic carboxylic acids is 1. The van der Waals surface area contributed by atoms with E-state index in [1.54, 1.807) is 20.0 Å². The summed E-state index contributed by atoms with van der Waals surface area (Å²) in [6.45, 7) is 2.48. The van der Waals surface area contributed by atoms with E-state index >= 15 is 0 Å². The van der Waals surface area contributed by atoms with Crippen LogP contribution in [0, 0.1) is 5.92 Å². The maximum Gasteiger partial charge on any atom is 0.326 e. The number of carboxylic acids is 1. The van der Waals surface area contributed by atoms with Crippen molar-refractivity contribution in [1.82, 2.24) is 91.9 Å². The molecule has 33 nitrogen and oxygen atoms in total. The summed E-state index contributed by atoms with van der Waals surface area (Å²) in [5.74, 6) is -10.1. The number of hydrogen-bond donors (Lipinski definition) is 16. The molecule has 0 radical (unpaired) electrons. The summed E-state index contributed by atoms with van der Waals surface area (Å²) in [7, 11) is 0. The zero-order valence-corrected chi connectivity index (χ0v) is 50.7. The number of aromatic amines is 5. The molecule has 33 heteroatoms. The van der Waals surface area contributed by atoms with Crippen LogP contribution < -0.4 is 48.7 Å². The third-order valence-electron chi connectivity index (χ3n) is 16.4. The number of aromatic nitrogens is 9. The van der Waals surface area contributed by atoms with Crippen LogP contribution in [0.4, 0.5) is 0 Å². The topological polar surface area (TPSA) is 501 Å². The molecular formula is C59H78N20O13. The second-order valence-corrected chi connectivity index (χ2v) is 22.9. The third kappa shape index (κ3) is 17.8. The van der Waals surface area contributed by atoms with Gasteiger partial charge in [-0.15, -0.1) is 0 Å². The molecule has 8 rings (SSSR count). The molecule has 10 amide bonds. The highest BCUT2D eigenvalue weighted by Gasteiger charge is 2.43. The van der Waals surface area contributed by atoms with E-state index in [9.17, 15) is 63.0 Å². The van der Waals surface area contributed by atoms with Crippen molar-refractivity contribution in [1.29, 1.82) is 0 Å². The van der Waals surface area contributed by atoms with Gasteiger partial charge in [0.05, 0.1) is 38.0 Å². The molecule has 2 aliphatic rings. The molecule has 2 saturated heterocycles. The first-order valence-electron chi connectivity index (χ1n) is 30.3. The molecule has 92 heavy (non-hydrogen) atoms. The Morgan fingerprint density at radius 1 is 0.576 bits per heavy atom. The lowest BCUT2D eigenvalue weighted by atomic mass is 9.96. The van der Waals surface area contributed by atoms with Crippen molar-refractivity contribution in [2.75, 3.05) is 19.7 Å². The Morgan fingerprint density at radius 2 is 1.04 bits per heavy atom. The maximum absolute atomic E-state index is 15.0. The normalized spacial score (nSPS) is 17.6. The van der Waals surface area contributed by atoms with E-state index in [2.05, 4.69) is 82.1 Å². The van der Waals surface area contributed by atoms with Crippen molar-refractivity contribution in [3.8, 4) is 0 Å². The number of hydrogen-bond acceptors (Lipinski definition) is 17. The average molecular weight is 1280 g/mol. The van der Waals surface area contributed by atoms with Gasteiger partial charge in [0.1, 0.15) is 54.4 Å². The van der Waals surface area contributed by atoms with Gasteiger partial charge in [-0.25, -0.2) is 24.7 Å². The molecule has 0 unspecified atom stereocenters. The number of carbonyl (C=O) groups excluding carboxylic acids is 10. The van der Waals surface area contributed by atoms with Crippen LogP contribution in [-0.2, 0) is 84.8 Å². The summed E-state index contributed by atoms with van der Waals surface area (Å²) in [6.07, 6.45) is 13.1. The molecule has 1 aromatic carbocycles. The van der Waals surface area contributed by atoms with Crippen molar-refractivity contribution in [2.24, 2.45) is 17.4 Å². The Kier molecular flexibility index (Phi) is 23.5. The molecular weight excluding hydrogens is 1200 g/mol. The number of aliphatic hydroxyl groups is 1. The summed E-state index contributed by atoms with van der Waals surface area (Å²) in [5, 5.41) is 39.9. The number of primary amides is 1. The fourth-order valence-electron chi connectivity index (χ4n) is 11.2. The molecule has 18 N–H and O–H groups in total. The van der Waals surface area contributed by atoms with Gasteiger partial charge in [0, 0.05) is 116 Å². The zero-order chi connectivity index (χ0) is 66.0. The zero-order valence-electron chi connectivity index (χ0n) is 50.7. The molecule has 0 spiro atoms. The number of aliphatic hydroxyl groups excluding tert-OH is 1. The SMILES string of the molecule is CC[C@H](C)[C@H](NC(=O)[C@H](Cc1cnc[nH]1)NC(=O)[C@H](CO)NC(=O)[C@H](Cc1cnc[nH]1)NC(=O)[C@@H]1CCCN1C(=O)[C@H](Cc1cnc[nH]1)NC(=O)[C@H](Cc1c[nH]c2ccccc12)NC(=O)[C@@H](N)Cc1cnc[nH]1)C(=O)N[C@@H](CCC(N)=O)C(=O)N1CCC[C@H]1C(=O)O. The van der Waals surface area contributed by atoms with Crippen molar-refractivity contribution >= 4 is 75.9 Å². The first-order chi connectivity index (χ1) is 44.2. The summed E-state index contributed by atoms with van der Waals surface area (Å²) >= 11 is 0. The van der Waals surface area contributed by atoms with Crippen LogP contribution in [0.15, 0.2) is 80.6 Å². The van der Waals surface area contributed by atoms with E-state index in [0.717, 1.165) is 15.8 Å². The molecule has 0 bridgehead atoms. The number of carbonyl (C=O) groups is 11. The van der Waals surface area contributed by atoms with Crippen LogP contribution in [-0.4, -0.2) is 210 Å². The minimum absolute atomic E-state index is 0.0230. The van der Waals surface area contributed by atoms with E-state index < -0.39 is 138 Å². The monoisotopic (exact) mass is 1270 g/mol. The lowest BCUT2D eigenvalue weighted by Crippen LogP contribution is -2.62. The van der Waals surface area contributed by atoms with Crippen LogP contribution >= 0.6 is 0 Å². The summed E-state index contributed by atoms with van der Waals surface area (Å²) in [4.78, 5) is 186. The summed E-state index contributed by atoms with van der Waals surface area (Å²) < 4.78 is 0. The lowest BCUT2D eigenvalue weighted by Gasteiger charge is -2.31. The van der Waals surface area contributed by atoms with Crippen molar-refractivity contribution in [3.63, 3.8) is 0 Å². The van der Waals surface area contributed by atoms with E-state index in [1.165, 1.54) is 55.0 Å². The van der Waals surface area contributed by atoms with E-state index in [-0.39, 0.29) is 70.9 Å². The van der Waals surface area contributed by atoms with E-state index in [4.69, 9.17) is 11.5 Å². The molecule has 2 fully saturated rings. The van der Waals surface area contributed by atoms with Crippen LogP contribution in [0.2, 0.25) is 0 Å². The number of rotatable bonds is 33. The molecule has 11 atom stereocenters. The van der Waals surface area contributed by atoms with Gasteiger partial charge in [0.15, 0.2) is 0 Å². The van der Waals surface area contributed by atoms with Crippen LogP contribution in [0.1, 0.15) is 87.1 Å². The van der Waals surface area contributed by atoms with Crippen LogP contribution in [0.5, 0.6) is 0 Å². The summed E-state index contributed by atoms with van der Waals surface area (Å²) in [6, 6.07) is -6.31. The number of fused-ring (bicyclic) bond motifs is 1. The second kappa shape index (κ2) is 31.9. The average Bonchev–Trinajstić information content (AvgIpc) is 1.67. The number of H-pyrrole nitrogens is 5. The second-order valence-electron chi connectivity index (χ2n) is 22.9. The Morgan fingerprint density at radius 3 is 1.60 bits per heavy atom. The molecule has 0 aliphatic carbocycles. The lowest BCUT2D eigenvalue weighted by molar-refractivity contribution is -0.149. The van der Waals surface area contributed by atoms with Crippen LogP contribution in [0.3, 0.4) is 0 Å². The fourth-order valence-corrected chi connectivity index (χ4v) is 11.2. The van der Waals surface area contributed by atoms with Crippen molar-refractivity contribution in [2.45, 2.75) is 151 Å². The highest BCUT2D eigenvalue weighted by Crippen LogP contribution is 2.24. The predicted octanol–water partition coefficient (Wildman–Crippen LogP) is -3.34. The molecule has 492 valence electrons. The minimum atomic E-state index is -1.78. The highest BCUT2D eigenvalue weighted by atomic mass is 16.4. The van der Waals surface area contributed by atoms with Gasteiger partial charge in [0.25, 0.3) is 0 Å². The van der Waals surface area contributed by atoms with Gasteiger partial charge in [-0.2, -0.15) is 0 Å². The highest BCUT2D eigenvalue weighted by molar-refractivity contribution is 5.99. The molecule has 7 heterocycles. The maximum atomic E-state index is 15.0. The predicted molar refractivity (Wildman–Crippen MR) is 325 cm³/mol. The van der Waals surface area contributed by atoms with Gasteiger partial charge in [-0.05, 0) is 49.7 Å². The Labute approximate surface area is 526 Å². The Balaban J connectivity index is 0.969. The smallest absolute Gasteiger partial charge is 0.326 e. The number of para-hydroxylation sites is 1. The minimum Gasteiger partial charge on any atom is -0.480 e. The number of nitrogens with zero attached hydrogens (tertiary/aromatic N) is 6. The fraction of sp³-hybridized carbons (Fsp3) is 0.475.